The smallest absolute Gasteiger partial charge is 0.409 e. The number of nitrogens with zero attached hydrogens (tertiary/aromatic N) is 1. The SMILES string of the molecule is CN(C(=O)OCC1c2ccccc2-c2ccccc21)[C@H]1COC[C@H]1C(=O)O. The van der Waals surface area contributed by atoms with Crippen molar-refractivity contribution in [2.24, 2.45) is 5.92 Å². The third-order valence-corrected chi connectivity index (χ3v) is 5.49. The molecule has 1 amide bonds. The molecule has 4 rings (SSSR count). The van der Waals surface area contributed by atoms with Gasteiger partial charge >= 0.3 is 12.1 Å². The van der Waals surface area contributed by atoms with Crippen LogP contribution in [0.1, 0.15) is 17.0 Å². The van der Waals surface area contributed by atoms with Crippen LogP contribution in [-0.4, -0.2) is 55.0 Å². The summed E-state index contributed by atoms with van der Waals surface area (Å²) in [5.74, 6) is -1.71. The van der Waals surface area contributed by atoms with Crippen LogP contribution in [0.2, 0.25) is 0 Å². The zero-order valence-electron chi connectivity index (χ0n) is 15.0. The Bertz CT molecular complexity index is 835. The third kappa shape index (κ3) is 3.06. The average molecular weight is 367 g/mol. The van der Waals surface area contributed by atoms with Gasteiger partial charge in [-0.1, -0.05) is 48.5 Å². The normalized spacial score (nSPS) is 20.8. The monoisotopic (exact) mass is 367 g/mol. The Morgan fingerprint density at radius 2 is 1.67 bits per heavy atom. The van der Waals surface area contributed by atoms with Gasteiger partial charge in [0.2, 0.25) is 0 Å². The first-order chi connectivity index (χ1) is 13.1. The Morgan fingerprint density at radius 3 is 2.26 bits per heavy atom. The summed E-state index contributed by atoms with van der Waals surface area (Å²) in [6.07, 6.45) is -0.529. The van der Waals surface area contributed by atoms with Gasteiger partial charge in [-0.25, -0.2) is 4.79 Å². The van der Waals surface area contributed by atoms with E-state index in [4.69, 9.17) is 9.47 Å². The van der Waals surface area contributed by atoms with Crippen LogP contribution in [-0.2, 0) is 14.3 Å². The first-order valence-corrected chi connectivity index (χ1v) is 8.96. The minimum Gasteiger partial charge on any atom is -0.481 e. The highest BCUT2D eigenvalue weighted by molar-refractivity contribution is 5.79. The third-order valence-electron chi connectivity index (χ3n) is 5.49. The van der Waals surface area contributed by atoms with Crippen LogP contribution in [0.25, 0.3) is 11.1 Å². The second kappa shape index (κ2) is 7.04. The molecule has 0 spiro atoms. The molecule has 2 aromatic rings. The van der Waals surface area contributed by atoms with Crippen LogP contribution in [0.3, 0.4) is 0 Å². The molecule has 1 fully saturated rings. The number of fused-ring (bicyclic) bond motifs is 3. The maximum Gasteiger partial charge on any atom is 0.409 e. The molecular weight excluding hydrogens is 346 g/mol. The van der Waals surface area contributed by atoms with Crippen LogP contribution in [0.15, 0.2) is 48.5 Å². The van der Waals surface area contributed by atoms with Crippen LogP contribution >= 0.6 is 0 Å². The summed E-state index contributed by atoms with van der Waals surface area (Å²) in [6.45, 7) is 0.529. The van der Waals surface area contributed by atoms with Gasteiger partial charge in [-0.15, -0.1) is 0 Å². The molecule has 1 aliphatic carbocycles. The number of aliphatic carboxylic acids is 1. The molecule has 1 heterocycles. The first kappa shape index (κ1) is 17.5. The molecule has 6 heteroatoms. The molecule has 2 aliphatic rings. The summed E-state index contributed by atoms with van der Waals surface area (Å²) in [5, 5.41) is 9.28. The van der Waals surface area contributed by atoms with Gasteiger partial charge in [0.25, 0.3) is 0 Å². The lowest BCUT2D eigenvalue weighted by atomic mass is 9.98. The molecule has 0 saturated carbocycles. The number of carboxylic acid groups (broad SMARTS) is 1. The number of hydrogen-bond donors (Lipinski definition) is 1. The fraction of sp³-hybridized carbons (Fsp3) is 0.333. The molecule has 0 unspecified atom stereocenters. The fourth-order valence-electron chi connectivity index (χ4n) is 3.99. The standard InChI is InChI=1S/C21H21NO5/c1-22(19-12-26-10-18(19)20(23)24)21(25)27-11-17-15-8-4-2-6-13(15)14-7-3-5-9-16(14)17/h2-9,17-19H,10-12H2,1H3,(H,23,24)/t18-,19+/m1/s1. The number of carbonyl (C=O) groups is 2. The minimum atomic E-state index is -0.962. The molecule has 2 aromatic carbocycles. The topological polar surface area (TPSA) is 76.1 Å². The molecule has 27 heavy (non-hydrogen) atoms. The van der Waals surface area contributed by atoms with Gasteiger partial charge in [-0.05, 0) is 22.3 Å². The number of hydrogen-bond acceptors (Lipinski definition) is 4. The zero-order valence-corrected chi connectivity index (χ0v) is 15.0. The van der Waals surface area contributed by atoms with Gasteiger partial charge < -0.3 is 19.5 Å². The molecule has 6 nitrogen and oxygen atoms in total. The van der Waals surface area contributed by atoms with E-state index in [-0.39, 0.29) is 25.7 Å². The second-order valence-electron chi connectivity index (χ2n) is 6.96. The van der Waals surface area contributed by atoms with E-state index in [0.29, 0.717) is 0 Å². The van der Waals surface area contributed by atoms with Gasteiger partial charge in [-0.3, -0.25) is 4.79 Å². The van der Waals surface area contributed by atoms with Crippen molar-refractivity contribution in [3.8, 4) is 11.1 Å². The van der Waals surface area contributed by atoms with Crippen molar-refractivity contribution >= 4 is 12.1 Å². The fourth-order valence-corrected chi connectivity index (χ4v) is 3.99. The predicted molar refractivity (Wildman–Crippen MR) is 98.6 cm³/mol. The Balaban J connectivity index is 1.49. The highest BCUT2D eigenvalue weighted by Crippen LogP contribution is 2.44. The molecule has 1 saturated heterocycles. The lowest BCUT2D eigenvalue weighted by molar-refractivity contribution is -0.142. The number of ether oxygens (including phenoxy) is 2. The van der Waals surface area contributed by atoms with Crippen LogP contribution in [0, 0.1) is 5.92 Å². The number of rotatable bonds is 4. The van der Waals surface area contributed by atoms with Crippen molar-refractivity contribution in [3.63, 3.8) is 0 Å². The number of benzene rings is 2. The Kier molecular flexibility index (Phi) is 4.58. The van der Waals surface area contributed by atoms with E-state index in [1.165, 1.54) is 4.90 Å². The van der Waals surface area contributed by atoms with Gasteiger partial charge in [0.1, 0.15) is 12.5 Å². The highest BCUT2D eigenvalue weighted by Gasteiger charge is 2.39. The summed E-state index contributed by atoms with van der Waals surface area (Å²) < 4.78 is 10.8. The van der Waals surface area contributed by atoms with Gasteiger partial charge in [-0.2, -0.15) is 0 Å². The molecule has 0 aromatic heterocycles. The zero-order chi connectivity index (χ0) is 19.0. The molecule has 2 atom stereocenters. The molecule has 0 bridgehead atoms. The van der Waals surface area contributed by atoms with E-state index < -0.39 is 24.0 Å². The average Bonchev–Trinajstić information content (AvgIpc) is 3.29. The number of carboxylic acids is 1. The molecule has 1 N–H and O–H groups in total. The number of amides is 1. The van der Waals surface area contributed by atoms with E-state index in [1.54, 1.807) is 7.05 Å². The van der Waals surface area contributed by atoms with Crippen molar-refractivity contribution in [1.82, 2.24) is 4.90 Å². The van der Waals surface area contributed by atoms with Crippen LogP contribution in [0.4, 0.5) is 4.79 Å². The largest absolute Gasteiger partial charge is 0.481 e. The van der Waals surface area contributed by atoms with E-state index in [2.05, 4.69) is 24.3 Å². The minimum absolute atomic E-state index is 0.0233. The Hall–Kier alpha value is -2.86. The summed E-state index contributed by atoms with van der Waals surface area (Å²) in [6, 6.07) is 15.7. The molecule has 140 valence electrons. The van der Waals surface area contributed by atoms with Crippen molar-refractivity contribution < 1.29 is 24.2 Å². The maximum absolute atomic E-state index is 12.5. The van der Waals surface area contributed by atoms with Crippen molar-refractivity contribution in [2.45, 2.75) is 12.0 Å². The quantitative estimate of drug-likeness (QED) is 0.899. The maximum atomic E-state index is 12.5. The lowest BCUT2D eigenvalue weighted by Gasteiger charge is -2.26. The lowest BCUT2D eigenvalue weighted by Crippen LogP contribution is -2.44. The van der Waals surface area contributed by atoms with Crippen molar-refractivity contribution in [1.29, 1.82) is 0 Å². The second-order valence-corrected chi connectivity index (χ2v) is 6.96. The summed E-state index contributed by atoms with van der Waals surface area (Å²) >= 11 is 0. The van der Waals surface area contributed by atoms with E-state index in [0.717, 1.165) is 22.3 Å². The molecule has 0 radical (unpaired) electrons. The van der Waals surface area contributed by atoms with E-state index in [9.17, 15) is 14.7 Å². The van der Waals surface area contributed by atoms with Gasteiger partial charge in [0.05, 0.1) is 19.3 Å². The van der Waals surface area contributed by atoms with Crippen LogP contribution in [0.5, 0.6) is 0 Å². The van der Waals surface area contributed by atoms with E-state index >= 15 is 0 Å². The number of carbonyl (C=O) groups excluding carboxylic acids is 1. The van der Waals surface area contributed by atoms with Crippen molar-refractivity contribution in [3.05, 3.63) is 59.7 Å². The molecule has 1 aliphatic heterocycles. The molecular formula is C21H21NO5. The summed E-state index contributed by atoms with van der Waals surface area (Å²) in [4.78, 5) is 25.2. The van der Waals surface area contributed by atoms with Crippen molar-refractivity contribution in [2.75, 3.05) is 26.9 Å². The Labute approximate surface area is 157 Å². The summed E-state index contributed by atoms with van der Waals surface area (Å²) in [7, 11) is 1.56. The van der Waals surface area contributed by atoms with Crippen LogP contribution < -0.4 is 0 Å². The Morgan fingerprint density at radius 1 is 1.07 bits per heavy atom. The highest BCUT2D eigenvalue weighted by atomic mass is 16.6. The summed E-state index contributed by atoms with van der Waals surface area (Å²) in [5.41, 5.74) is 4.61. The van der Waals surface area contributed by atoms with Gasteiger partial charge in [0, 0.05) is 13.0 Å². The predicted octanol–water partition coefficient (Wildman–Crippen LogP) is 2.97. The van der Waals surface area contributed by atoms with Gasteiger partial charge in [0.15, 0.2) is 0 Å². The van der Waals surface area contributed by atoms with E-state index in [1.807, 2.05) is 24.3 Å². The first-order valence-electron chi connectivity index (χ1n) is 8.96. The number of likely N-dealkylation sites (N-methyl/N-ethyl adjacent to an activating group) is 1.